The number of nitrogens with one attached hydrogen (secondary N) is 1. The fraction of sp³-hybridized carbons (Fsp3) is 0.342. The molecule has 1 unspecified atom stereocenters. The topological polar surface area (TPSA) is 54.0 Å². The molecule has 1 aliphatic rings. The van der Waals surface area contributed by atoms with E-state index in [0.717, 1.165) is 81.2 Å². The molecule has 4 aromatic carbocycles. The Kier molecular flexibility index (Phi) is 13.8. The summed E-state index contributed by atoms with van der Waals surface area (Å²) in [4.78, 5) is 16.9. The van der Waals surface area contributed by atoms with Crippen molar-refractivity contribution in [2.45, 2.75) is 31.5 Å². The second-order valence-corrected chi connectivity index (χ2v) is 11.5. The minimum absolute atomic E-state index is 0.0812. The highest BCUT2D eigenvalue weighted by Crippen LogP contribution is 2.32. The zero-order chi connectivity index (χ0) is 34.4. The summed E-state index contributed by atoms with van der Waals surface area (Å²) in [6.45, 7) is 5.51. The first-order valence-corrected chi connectivity index (χ1v) is 16.1. The van der Waals surface area contributed by atoms with E-state index in [4.69, 9.17) is 9.47 Å². The third-order valence-electron chi connectivity index (χ3n) is 8.13. The number of rotatable bonds is 13. The van der Waals surface area contributed by atoms with E-state index in [2.05, 4.69) is 21.2 Å². The average molecular weight is 666 g/mol. The fourth-order valence-corrected chi connectivity index (χ4v) is 5.47. The lowest BCUT2D eigenvalue weighted by atomic mass is 10.1. The molecule has 4 aromatic rings. The number of carbonyl (C=O) groups excluding carboxylic acids is 1. The van der Waals surface area contributed by atoms with Crippen LogP contribution in [0.4, 0.5) is 23.2 Å². The van der Waals surface area contributed by atoms with Crippen LogP contribution in [0.1, 0.15) is 46.9 Å². The number of ketones is 1. The first-order valence-electron chi connectivity index (χ1n) is 16.1. The normalized spacial score (nSPS) is 14.1. The van der Waals surface area contributed by atoms with E-state index in [1.54, 1.807) is 19.2 Å². The molecule has 1 fully saturated rings. The number of halogens is 4. The zero-order valence-corrected chi connectivity index (χ0v) is 27.4. The molecule has 0 aromatic heterocycles. The number of para-hydroxylation sites is 2. The Morgan fingerprint density at radius 1 is 0.854 bits per heavy atom. The van der Waals surface area contributed by atoms with Gasteiger partial charge in [-0.05, 0) is 92.8 Å². The Morgan fingerprint density at radius 3 is 2.12 bits per heavy atom. The summed E-state index contributed by atoms with van der Waals surface area (Å²) in [6, 6.07) is 28.3. The van der Waals surface area contributed by atoms with Gasteiger partial charge in [-0.3, -0.25) is 9.69 Å². The lowest BCUT2D eigenvalue weighted by Crippen LogP contribution is -2.46. The summed E-state index contributed by atoms with van der Waals surface area (Å²) in [5, 5.41) is 3.05. The molecule has 0 bridgehead atoms. The van der Waals surface area contributed by atoms with Gasteiger partial charge in [0, 0.05) is 44.6 Å². The number of hydrogen-bond acceptors (Lipinski definition) is 6. The maximum atomic E-state index is 12.9. The van der Waals surface area contributed by atoms with Gasteiger partial charge in [-0.25, -0.2) is 4.39 Å². The molecule has 0 saturated carbocycles. The van der Waals surface area contributed by atoms with Gasteiger partial charge in [0.2, 0.25) is 0 Å². The lowest BCUT2D eigenvalue weighted by molar-refractivity contribution is -0.137. The maximum Gasteiger partial charge on any atom is 0.416 e. The summed E-state index contributed by atoms with van der Waals surface area (Å²) in [5.74, 6) is 1.11. The molecular formula is C38H43F4N3O3. The van der Waals surface area contributed by atoms with Gasteiger partial charge < -0.3 is 19.7 Å². The van der Waals surface area contributed by atoms with Gasteiger partial charge in [0.05, 0.1) is 18.4 Å². The molecule has 0 radical (unpaired) electrons. The van der Waals surface area contributed by atoms with Crippen LogP contribution in [0.25, 0.3) is 0 Å². The van der Waals surface area contributed by atoms with E-state index in [-0.39, 0.29) is 17.7 Å². The van der Waals surface area contributed by atoms with Gasteiger partial charge in [-0.2, -0.15) is 13.2 Å². The van der Waals surface area contributed by atoms with Crippen LogP contribution in [-0.2, 0) is 6.18 Å². The summed E-state index contributed by atoms with van der Waals surface area (Å²) in [5.41, 5.74) is 2.05. The molecule has 5 rings (SSSR count). The molecule has 10 heteroatoms. The third-order valence-corrected chi connectivity index (χ3v) is 8.13. The van der Waals surface area contributed by atoms with Crippen molar-refractivity contribution in [3.63, 3.8) is 0 Å². The van der Waals surface area contributed by atoms with E-state index in [9.17, 15) is 22.4 Å². The Hall–Kier alpha value is -4.41. The van der Waals surface area contributed by atoms with Crippen LogP contribution >= 0.6 is 0 Å². The van der Waals surface area contributed by atoms with Crippen LogP contribution in [0.15, 0.2) is 103 Å². The van der Waals surface area contributed by atoms with Crippen LogP contribution in [0.2, 0.25) is 0 Å². The van der Waals surface area contributed by atoms with Crippen molar-refractivity contribution in [1.82, 2.24) is 10.2 Å². The van der Waals surface area contributed by atoms with E-state index >= 15 is 0 Å². The van der Waals surface area contributed by atoms with Crippen LogP contribution in [0.3, 0.4) is 0 Å². The van der Waals surface area contributed by atoms with Crippen LogP contribution < -0.4 is 19.7 Å². The zero-order valence-electron chi connectivity index (χ0n) is 27.4. The van der Waals surface area contributed by atoms with Crippen LogP contribution in [0.5, 0.6) is 11.5 Å². The lowest BCUT2D eigenvalue weighted by Gasteiger charge is -2.36. The second kappa shape index (κ2) is 18.2. The van der Waals surface area contributed by atoms with Crippen molar-refractivity contribution in [3.8, 4) is 11.5 Å². The van der Waals surface area contributed by atoms with Crippen molar-refractivity contribution in [2.24, 2.45) is 0 Å². The number of nitrogens with zero attached hydrogens (tertiary/aromatic N) is 2. The van der Waals surface area contributed by atoms with Gasteiger partial charge >= 0.3 is 6.18 Å². The van der Waals surface area contributed by atoms with Gasteiger partial charge in [0.25, 0.3) is 0 Å². The molecule has 6 nitrogen and oxygen atoms in total. The quantitative estimate of drug-likeness (QED) is 0.115. The minimum Gasteiger partial charge on any atom is -0.495 e. The third kappa shape index (κ3) is 11.1. The van der Waals surface area contributed by atoms with E-state index in [1.165, 1.54) is 24.3 Å². The molecule has 1 N–H and O–H groups in total. The summed E-state index contributed by atoms with van der Waals surface area (Å²) in [6.07, 6.45) is -2.49. The summed E-state index contributed by atoms with van der Waals surface area (Å²) >= 11 is 0. The summed E-state index contributed by atoms with van der Waals surface area (Å²) < 4.78 is 61.9. The minimum atomic E-state index is -4.33. The van der Waals surface area contributed by atoms with E-state index in [0.29, 0.717) is 17.7 Å². The SMILES string of the molecule is CNCCC(Oc1ccc(C(F)(F)F)cc1)c1ccccc1.COc1ccccc1N1CCN(CCCC(=O)c2ccc(F)cc2)CC1. The number of Topliss-reactive ketones (excluding diaryl/α,β-unsaturated/α-hetero) is 1. The first-order chi connectivity index (χ1) is 23.2. The molecule has 1 saturated heterocycles. The molecule has 256 valence electrons. The highest BCUT2D eigenvalue weighted by Gasteiger charge is 2.30. The number of ether oxygens (including phenoxy) is 2. The predicted molar refractivity (Wildman–Crippen MR) is 181 cm³/mol. The van der Waals surface area contributed by atoms with Crippen molar-refractivity contribution in [2.75, 3.05) is 58.3 Å². The number of hydrogen-bond donors (Lipinski definition) is 1. The highest BCUT2D eigenvalue weighted by molar-refractivity contribution is 5.95. The second-order valence-electron chi connectivity index (χ2n) is 11.5. The van der Waals surface area contributed by atoms with Gasteiger partial charge in [0.15, 0.2) is 5.78 Å². The molecule has 1 heterocycles. The maximum absolute atomic E-state index is 12.9. The Bertz CT molecular complexity index is 1530. The monoisotopic (exact) mass is 665 g/mol. The smallest absolute Gasteiger partial charge is 0.416 e. The van der Waals surface area contributed by atoms with Crippen molar-refractivity contribution < 1.29 is 31.8 Å². The molecule has 48 heavy (non-hydrogen) atoms. The van der Waals surface area contributed by atoms with Crippen LogP contribution in [-0.4, -0.2) is 64.1 Å². The van der Waals surface area contributed by atoms with Gasteiger partial charge in [-0.1, -0.05) is 42.5 Å². The van der Waals surface area contributed by atoms with Crippen molar-refractivity contribution >= 4 is 11.5 Å². The Morgan fingerprint density at radius 2 is 1.50 bits per heavy atom. The number of methoxy groups -OCH3 is 1. The molecule has 1 aliphatic heterocycles. The molecule has 0 amide bonds. The van der Waals surface area contributed by atoms with Crippen molar-refractivity contribution in [1.29, 1.82) is 0 Å². The average Bonchev–Trinajstić information content (AvgIpc) is 3.11. The van der Waals surface area contributed by atoms with Gasteiger partial charge in [-0.15, -0.1) is 0 Å². The van der Waals surface area contributed by atoms with Crippen LogP contribution in [0, 0.1) is 5.82 Å². The van der Waals surface area contributed by atoms with E-state index in [1.807, 2.05) is 55.6 Å². The molecule has 1 atom stereocenters. The fourth-order valence-electron chi connectivity index (χ4n) is 5.47. The standard InChI is InChI=1S/C21H25FN2O2.C17H18F3NO/c1-26-21-7-3-2-5-19(21)24-15-13-23(14-16-24)12-4-6-20(25)17-8-10-18(22)11-9-17;1-21-12-11-16(13-5-3-2-4-6-13)22-15-9-7-14(8-10-15)17(18,19)20/h2-3,5,7-11H,4,6,12-16H2,1H3;2-10,16,21H,11-12H2,1H3. The number of piperazine rings is 1. The largest absolute Gasteiger partial charge is 0.495 e. The molecule has 0 spiro atoms. The predicted octanol–water partition coefficient (Wildman–Crippen LogP) is 8.05. The Balaban J connectivity index is 0.000000220. The Labute approximate surface area is 280 Å². The number of benzene rings is 4. The number of alkyl halides is 3. The summed E-state index contributed by atoms with van der Waals surface area (Å²) in [7, 11) is 3.55. The highest BCUT2D eigenvalue weighted by atomic mass is 19.4. The molecular weight excluding hydrogens is 622 g/mol. The molecule has 0 aliphatic carbocycles. The number of anilines is 1. The van der Waals surface area contributed by atoms with Crippen molar-refractivity contribution in [3.05, 3.63) is 126 Å². The first kappa shape index (κ1) is 36.4. The number of carbonyl (C=O) groups is 1. The van der Waals surface area contributed by atoms with E-state index < -0.39 is 11.7 Å². The van der Waals surface area contributed by atoms with Gasteiger partial charge in [0.1, 0.15) is 23.4 Å².